The fourth-order valence-electron chi connectivity index (χ4n) is 2.38. The number of methoxy groups -OCH3 is 1. The van der Waals surface area contributed by atoms with Crippen LogP contribution >= 0.6 is 0 Å². The number of benzene rings is 1. The second-order valence-electron chi connectivity index (χ2n) is 5.19. The molecule has 0 radical (unpaired) electrons. The maximum absolute atomic E-state index is 12.3. The fraction of sp³-hybridized carbons (Fsp3) is 0.400. The monoisotopic (exact) mass is 275 g/mol. The topological polar surface area (TPSA) is 63.7 Å². The van der Waals surface area contributed by atoms with Crippen molar-refractivity contribution in [1.29, 1.82) is 0 Å². The molecule has 106 valence electrons. The van der Waals surface area contributed by atoms with Crippen molar-refractivity contribution < 1.29 is 19.1 Å². The number of hydrogen-bond acceptors (Lipinski definition) is 4. The molecule has 0 bridgehead atoms. The predicted octanol–water partition coefficient (Wildman–Crippen LogP) is 1.87. The SMILES string of the molecule is COC(=O)C(CC(C)C)N1C(=O)c2ccccc2C1=O. The van der Waals surface area contributed by atoms with Gasteiger partial charge in [0.15, 0.2) is 0 Å². The fourth-order valence-corrected chi connectivity index (χ4v) is 2.38. The van der Waals surface area contributed by atoms with E-state index in [9.17, 15) is 14.4 Å². The molecule has 1 aromatic carbocycles. The van der Waals surface area contributed by atoms with Gasteiger partial charge < -0.3 is 4.74 Å². The number of rotatable bonds is 4. The van der Waals surface area contributed by atoms with E-state index in [1.54, 1.807) is 24.3 Å². The minimum atomic E-state index is -0.868. The molecule has 1 atom stereocenters. The lowest BCUT2D eigenvalue weighted by atomic mass is 10.0. The van der Waals surface area contributed by atoms with Crippen LogP contribution < -0.4 is 0 Å². The maximum atomic E-state index is 12.3. The molecule has 5 nitrogen and oxygen atoms in total. The highest BCUT2D eigenvalue weighted by Gasteiger charge is 2.43. The van der Waals surface area contributed by atoms with Gasteiger partial charge in [0.2, 0.25) is 0 Å². The summed E-state index contributed by atoms with van der Waals surface area (Å²) in [5, 5.41) is 0. The van der Waals surface area contributed by atoms with Crippen molar-refractivity contribution in [3.05, 3.63) is 35.4 Å². The average molecular weight is 275 g/mol. The van der Waals surface area contributed by atoms with E-state index in [4.69, 9.17) is 4.74 Å². The van der Waals surface area contributed by atoms with Gasteiger partial charge in [0.05, 0.1) is 18.2 Å². The Morgan fingerprint density at radius 1 is 1.15 bits per heavy atom. The van der Waals surface area contributed by atoms with E-state index in [1.165, 1.54) is 7.11 Å². The number of fused-ring (bicyclic) bond motifs is 1. The molecular formula is C15H17NO4. The molecule has 20 heavy (non-hydrogen) atoms. The molecule has 0 aromatic heterocycles. The van der Waals surface area contributed by atoms with Gasteiger partial charge in [-0.05, 0) is 24.5 Å². The highest BCUT2D eigenvalue weighted by Crippen LogP contribution is 2.27. The standard InChI is InChI=1S/C15H17NO4/c1-9(2)8-12(15(19)20-3)16-13(17)10-6-4-5-7-11(10)14(16)18/h4-7,9,12H,8H2,1-3H3. The van der Waals surface area contributed by atoms with Crippen molar-refractivity contribution in [3.8, 4) is 0 Å². The van der Waals surface area contributed by atoms with Crippen LogP contribution in [0.1, 0.15) is 41.0 Å². The van der Waals surface area contributed by atoms with Crippen LogP contribution in [0.4, 0.5) is 0 Å². The van der Waals surface area contributed by atoms with Crippen molar-refractivity contribution in [1.82, 2.24) is 4.90 Å². The van der Waals surface area contributed by atoms with Crippen LogP contribution in [0.15, 0.2) is 24.3 Å². The number of nitrogens with zero attached hydrogens (tertiary/aromatic N) is 1. The molecule has 0 saturated carbocycles. The van der Waals surface area contributed by atoms with Gasteiger partial charge in [-0.1, -0.05) is 26.0 Å². The molecule has 0 spiro atoms. The van der Waals surface area contributed by atoms with E-state index in [0.29, 0.717) is 17.5 Å². The quantitative estimate of drug-likeness (QED) is 0.621. The normalized spacial score (nSPS) is 15.5. The minimum absolute atomic E-state index is 0.156. The molecule has 0 aliphatic carbocycles. The molecule has 0 saturated heterocycles. The first-order valence-electron chi connectivity index (χ1n) is 6.52. The molecule has 2 amide bonds. The third-order valence-electron chi connectivity index (χ3n) is 3.31. The Hall–Kier alpha value is -2.17. The van der Waals surface area contributed by atoms with E-state index < -0.39 is 23.8 Å². The van der Waals surface area contributed by atoms with Gasteiger partial charge in [0.25, 0.3) is 11.8 Å². The van der Waals surface area contributed by atoms with Gasteiger partial charge >= 0.3 is 5.97 Å². The summed E-state index contributed by atoms with van der Waals surface area (Å²) in [6, 6.07) is 5.72. The molecule has 1 aliphatic rings. The Labute approximate surface area is 117 Å². The van der Waals surface area contributed by atoms with Crippen molar-refractivity contribution in [2.75, 3.05) is 7.11 Å². The summed E-state index contributed by atoms with van der Waals surface area (Å²) in [4.78, 5) is 37.6. The molecule has 1 heterocycles. The first-order chi connectivity index (χ1) is 9.47. The molecular weight excluding hydrogens is 258 g/mol. The summed E-state index contributed by atoms with van der Waals surface area (Å²) in [7, 11) is 1.26. The summed E-state index contributed by atoms with van der Waals surface area (Å²) in [6.45, 7) is 3.85. The number of hydrogen-bond donors (Lipinski definition) is 0. The smallest absolute Gasteiger partial charge is 0.329 e. The largest absolute Gasteiger partial charge is 0.467 e. The highest BCUT2D eigenvalue weighted by molar-refractivity contribution is 6.22. The number of amides is 2. The van der Waals surface area contributed by atoms with Gasteiger partial charge in [-0.2, -0.15) is 0 Å². The van der Waals surface area contributed by atoms with E-state index in [-0.39, 0.29) is 5.92 Å². The third kappa shape index (κ3) is 2.31. The molecule has 2 rings (SSSR count). The summed E-state index contributed by atoms with van der Waals surface area (Å²) < 4.78 is 4.74. The number of imide groups is 1. The van der Waals surface area contributed by atoms with Gasteiger partial charge in [-0.25, -0.2) is 4.79 Å². The second kappa shape index (κ2) is 5.45. The lowest BCUT2D eigenvalue weighted by molar-refractivity contribution is -0.145. The van der Waals surface area contributed by atoms with Crippen LogP contribution in [0, 0.1) is 5.92 Å². The molecule has 1 unspecified atom stereocenters. The van der Waals surface area contributed by atoms with Crippen LogP contribution in [0.2, 0.25) is 0 Å². The zero-order chi connectivity index (χ0) is 14.9. The van der Waals surface area contributed by atoms with Gasteiger partial charge in [0, 0.05) is 0 Å². The summed E-state index contributed by atoms with van der Waals surface area (Å²) >= 11 is 0. The van der Waals surface area contributed by atoms with Crippen LogP contribution in [0.25, 0.3) is 0 Å². The lowest BCUT2D eigenvalue weighted by Gasteiger charge is -2.25. The Morgan fingerprint density at radius 3 is 2.05 bits per heavy atom. The molecule has 0 fully saturated rings. The highest BCUT2D eigenvalue weighted by atomic mass is 16.5. The maximum Gasteiger partial charge on any atom is 0.329 e. The average Bonchev–Trinajstić information content (AvgIpc) is 2.68. The van der Waals surface area contributed by atoms with Crippen LogP contribution in [-0.4, -0.2) is 35.8 Å². The van der Waals surface area contributed by atoms with Crippen molar-refractivity contribution >= 4 is 17.8 Å². The van der Waals surface area contributed by atoms with E-state index in [1.807, 2.05) is 13.8 Å². The van der Waals surface area contributed by atoms with Gasteiger partial charge in [-0.3, -0.25) is 14.5 Å². The molecule has 1 aliphatic heterocycles. The summed E-state index contributed by atoms with van der Waals surface area (Å²) in [5.74, 6) is -1.26. The first kappa shape index (κ1) is 14.2. The zero-order valence-electron chi connectivity index (χ0n) is 11.8. The Bertz CT molecular complexity index is 530. The number of carbonyl (C=O) groups excluding carboxylic acids is 3. The zero-order valence-corrected chi connectivity index (χ0v) is 11.8. The minimum Gasteiger partial charge on any atom is -0.467 e. The Balaban J connectivity index is 2.39. The predicted molar refractivity (Wildman–Crippen MR) is 72.2 cm³/mol. The summed E-state index contributed by atoms with van der Waals surface area (Å²) in [5.41, 5.74) is 0.685. The van der Waals surface area contributed by atoms with Crippen LogP contribution in [0.3, 0.4) is 0 Å². The molecule has 0 N–H and O–H groups in total. The first-order valence-corrected chi connectivity index (χ1v) is 6.52. The van der Waals surface area contributed by atoms with E-state index in [0.717, 1.165) is 4.90 Å². The third-order valence-corrected chi connectivity index (χ3v) is 3.31. The second-order valence-corrected chi connectivity index (χ2v) is 5.19. The van der Waals surface area contributed by atoms with Crippen molar-refractivity contribution in [2.45, 2.75) is 26.3 Å². The number of esters is 1. The van der Waals surface area contributed by atoms with Gasteiger partial charge in [0.1, 0.15) is 6.04 Å². The van der Waals surface area contributed by atoms with Crippen LogP contribution in [-0.2, 0) is 9.53 Å². The number of ether oxygens (including phenoxy) is 1. The van der Waals surface area contributed by atoms with Crippen LogP contribution in [0.5, 0.6) is 0 Å². The summed E-state index contributed by atoms with van der Waals surface area (Å²) in [6.07, 6.45) is 0.387. The Morgan fingerprint density at radius 2 is 1.65 bits per heavy atom. The lowest BCUT2D eigenvalue weighted by Crippen LogP contribution is -2.46. The van der Waals surface area contributed by atoms with Gasteiger partial charge in [-0.15, -0.1) is 0 Å². The van der Waals surface area contributed by atoms with Crippen molar-refractivity contribution in [3.63, 3.8) is 0 Å². The van der Waals surface area contributed by atoms with E-state index in [2.05, 4.69) is 0 Å². The Kier molecular flexibility index (Phi) is 3.88. The number of carbonyl (C=O) groups is 3. The molecule has 1 aromatic rings. The van der Waals surface area contributed by atoms with Crippen molar-refractivity contribution in [2.24, 2.45) is 5.92 Å². The van der Waals surface area contributed by atoms with E-state index >= 15 is 0 Å². The molecule has 5 heteroatoms.